The number of aliphatic hydroxyl groups is 2. The zero-order valence-electron chi connectivity index (χ0n) is 28.6. The number of piperidine rings is 1. The number of alkyl halides is 3. The van der Waals surface area contributed by atoms with Gasteiger partial charge in [0.1, 0.15) is 6.04 Å². The number of piperazine rings is 1. The number of nitrogens with zero attached hydrogens (tertiary/aromatic N) is 2. The second kappa shape index (κ2) is 16.5. The summed E-state index contributed by atoms with van der Waals surface area (Å²) in [6, 6.07) is -1.74. The number of halogens is 3. The highest BCUT2D eigenvalue weighted by Gasteiger charge is 2.44. The molecule has 3 fully saturated rings. The topological polar surface area (TPSA) is 139 Å². The van der Waals surface area contributed by atoms with E-state index in [2.05, 4.69) is 10.6 Å². The van der Waals surface area contributed by atoms with Crippen LogP contribution >= 0.6 is 0 Å². The Hall–Kier alpha value is -2.25. The number of carbonyl (C=O) groups excluding carboxylic acids is 4. The van der Waals surface area contributed by atoms with Crippen LogP contribution < -0.4 is 10.6 Å². The molecule has 3 aliphatic rings. The number of nitrogens with one attached hydrogen (secondary N) is 2. The highest BCUT2D eigenvalue weighted by molar-refractivity contribution is 5.89. The van der Waals surface area contributed by atoms with Crippen LogP contribution in [0.3, 0.4) is 0 Å². The van der Waals surface area contributed by atoms with Gasteiger partial charge in [0.25, 0.3) is 0 Å². The lowest BCUT2D eigenvalue weighted by molar-refractivity contribution is -0.170. The van der Waals surface area contributed by atoms with E-state index in [1.807, 2.05) is 41.5 Å². The summed E-state index contributed by atoms with van der Waals surface area (Å²) in [7, 11) is 0. The van der Waals surface area contributed by atoms with E-state index in [-0.39, 0.29) is 60.1 Å². The van der Waals surface area contributed by atoms with Gasteiger partial charge in [0, 0.05) is 43.4 Å². The van der Waals surface area contributed by atoms with Crippen molar-refractivity contribution in [3.05, 3.63) is 0 Å². The normalized spacial score (nSPS) is 23.7. The Balaban J connectivity index is 0.000000340. The first kappa shape index (κ1) is 40.8. The van der Waals surface area contributed by atoms with Crippen LogP contribution in [0.2, 0.25) is 0 Å². The van der Waals surface area contributed by atoms with Gasteiger partial charge in [0.2, 0.25) is 17.7 Å². The Morgan fingerprint density at radius 3 is 1.89 bits per heavy atom. The third-order valence-electron chi connectivity index (χ3n) is 8.03. The summed E-state index contributed by atoms with van der Waals surface area (Å²) in [6.45, 7) is 17.7. The summed E-state index contributed by atoms with van der Waals surface area (Å²) in [5, 5.41) is 24.1. The molecule has 4 unspecified atom stereocenters. The number of rotatable bonds is 3. The number of aliphatic hydroxyl groups excluding tert-OH is 2. The fraction of sp³-hybridized carbons (Fsp3) is 0.875. The van der Waals surface area contributed by atoms with Gasteiger partial charge in [0.05, 0.1) is 31.2 Å². The number of hydrogen-bond acceptors (Lipinski definition) is 7. The molecule has 13 heteroatoms. The van der Waals surface area contributed by atoms with Gasteiger partial charge in [-0.05, 0) is 31.1 Å². The molecule has 0 aromatic rings. The first-order valence-electron chi connectivity index (χ1n) is 15.9. The lowest BCUT2D eigenvalue weighted by Crippen LogP contribution is -2.59. The molecule has 2 saturated heterocycles. The lowest BCUT2D eigenvalue weighted by Gasteiger charge is -2.37. The summed E-state index contributed by atoms with van der Waals surface area (Å²) in [5.41, 5.74) is -1.26. The van der Waals surface area contributed by atoms with Gasteiger partial charge in [-0.25, -0.2) is 0 Å². The Morgan fingerprint density at radius 2 is 1.47 bits per heavy atom. The van der Waals surface area contributed by atoms with E-state index in [4.69, 9.17) is 0 Å². The largest absolute Gasteiger partial charge is 0.405 e. The third kappa shape index (κ3) is 13.6. The minimum atomic E-state index is -4.29. The first-order valence-corrected chi connectivity index (χ1v) is 15.9. The Bertz CT molecular complexity index is 1000. The number of ketones is 1. The number of likely N-dealkylation sites (tertiary alicyclic amines) is 1. The second-order valence-electron chi connectivity index (χ2n) is 15.4. The highest BCUT2D eigenvalue weighted by Crippen LogP contribution is 2.27. The molecule has 1 saturated carbocycles. The molecular formula is C32H57F3N4O6. The summed E-state index contributed by atoms with van der Waals surface area (Å²) < 4.78 is 37.4. The van der Waals surface area contributed by atoms with E-state index in [0.29, 0.717) is 19.5 Å². The summed E-state index contributed by atoms with van der Waals surface area (Å²) in [6.07, 6.45) is -0.737. The van der Waals surface area contributed by atoms with E-state index in [1.54, 1.807) is 25.7 Å². The number of amides is 3. The van der Waals surface area contributed by atoms with E-state index in [9.17, 15) is 42.6 Å². The van der Waals surface area contributed by atoms with Crippen LogP contribution in [0.15, 0.2) is 0 Å². The second-order valence-corrected chi connectivity index (χ2v) is 15.4. The molecule has 3 rings (SSSR count). The van der Waals surface area contributed by atoms with Gasteiger partial charge in [-0.2, -0.15) is 13.2 Å². The Labute approximate surface area is 266 Å². The molecule has 4 N–H and O–H groups in total. The Kier molecular flexibility index (Phi) is 15.0. The molecule has 3 amide bonds. The van der Waals surface area contributed by atoms with Crippen LogP contribution in [-0.2, 0) is 19.2 Å². The predicted octanol–water partition coefficient (Wildman–Crippen LogP) is 3.29. The average molecular weight is 651 g/mol. The van der Waals surface area contributed by atoms with E-state index in [1.165, 1.54) is 4.90 Å². The third-order valence-corrected chi connectivity index (χ3v) is 8.03. The maximum Gasteiger partial charge on any atom is 0.405 e. The van der Waals surface area contributed by atoms with Gasteiger partial charge in [-0.15, -0.1) is 0 Å². The minimum Gasteiger partial charge on any atom is -0.396 e. The SMILES string of the molecule is CC(C)(C)C(=O)N1CCCC(=O)C1.CC(C)(C)C(=O)N1CCNC(C(F)(F)F)C1.CC(C)(C)C(CO)C(=O)NC1CCCC1O. The molecule has 262 valence electrons. The van der Waals surface area contributed by atoms with Gasteiger partial charge in [0.15, 0.2) is 5.78 Å². The average Bonchev–Trinajstić information content (AvgIpc) is 3.30. The molecule has 4 atom stereocenters. The van der Waals surface area contributed by atoms with Gasteiger partial charge >= 0.3 is 6.18 Å². The van der Waals surface area contributed by atoms with Crippen molar-refractivity contribution in [2.24, 2.45) is 22.2 Å². The van der Waals surface area contributed by atoms with Crippen molar-refractivity contribution >= 4 is 23.5 Å². The van der Waals surface area contributed by atoms with Crippen LogP contribution in [0.1, 0.15) is 94.4 Å². The molecule has 0 aromatic carbocycles. The van der Waals surface area contributed by atoms with Gasteiger partial charge < -0.3 is 30.6 Å². The fourth-order valence-corrected chi connectivity index (χ4v) is 5.26. The minimum absolute atomic E-state index is 0.0838. The summed E-state index contributed by atoms with van der Waals surface area (Å²) >= 11 is 0. The molecule has 0 bridgehead atoms. The smallest absolute Gasteiger partial charge is 0.396 e. The number of hydrogen-bond donors (Lipinski definition) is 4. The van der Waals surface area contributed by atoms with Crippen molar-refractivity contribution < 1.29 is 42.6 Å². The summed E-state index contributed by atoms with van der Waals surface area (Å²) in [5.74, 6) is -0.533. The standard InChI is InChI=1S/C12H23NO3.C10H17F3N2O.C10H17NO2/c1-12(2,3)8(7-14)11(16)13-9-5-4-6-10(9)15;1-9(2,3)8(16)15-5-4-14-7(6-15)10(11,12)13;1-10(2,3)9(13)11-6-4-5-8(12)7-11/h8-10,14-15H,4-7H2,1-3H3,(H,13,16);7,14H,4-6H2,1-3H3;4-7H2,1-3H3. The maximum absolute atomic E-state index is 12.5. The zero-order chi connectivity index (χ0) is 35.0. The van der Waals surface area contributed by atoms with Gasteiger partial charge in [-0.3, -0.25) is 19.2 Å². The molecule has 45 heavy (non-hydrogen) atoms. The quantitative estimate of drug-likeness (QED) is 0.368. The highest BCUT2D eigenvalue weighted by atomic mass is 19.4. The van der Waals surface area contributed by atoms with Gasteiger partial charge in [-0.1, -0.05) is 62.3 Å². The molecular weight excluding hydrogens is 593 g/mol. The first-order chi connectivity index (χ1) is 20.4. The maximum atomic E-state index is 12.5. The predicted molar refractivity (Wildman–Crippen MR) is 166 cm³/mol. The van der Waals surface area contributed by atoms with Crippen molar-refractivity contribution in [3.8, 4) is 0 Å². The van der Waals surface area contributed by atoms with Crippen molar-refractivity contribution in [3.63, 3.8) is 0 Å². The lowest BCUT2D eigenvalue weighted by atomic mass is 9.80. The van der Waals surface area contributed by atoms with Crippen molar-refractivity contribution in [2.45, 2.75) is 119 Å². The molecule has 2 heterocycles. The van der Waals surface area contributed by atoms with E-state index in [0.717, 1.165) is 32.2 Å². The molecule has 1 aliphatic carbocycles. The molecule has 2 aliphatic heterocycles. The van der Waals surface area contributed by atoms with E-state index < -0.39 is 29.7 Å². The van der Waals surface area contributed by atoms with Crippen molar-refractivity contribution in [1.29, 1.82) is 0 Å². The summed E-state index contributed by atoms with van der Waals surface area (Å²) in [4.78, 5) is 49.6. The molecule has 10 nitrogen and oxygen atoms in total. The zero-order valence-corrected chi connectivity index (χ0v) is 28.6. The fourth-order valence-electron chi connectivity index (χ4n) is 5.26. The Morgan fingerprint density at radius 1 is 0.911 bits per heavy atom. The monoisotopic (exact) mass is 650 g/mol. The molecule has 0 aromatic heterocycles. The number of carbonyl (C=O) groups is 4. The molecule has 0 spiro atoms. The van der Waals surface area contributed by atoms with Crippen molar-refractivity contribution in [2.75, 3.05) is 39.3 Å². The number of Topliss-reactive ketones (excluding diaryl/α,β-unsaturated/α-hetero) is 1. The van der Waals surface area contributed by atoms with Crippen molar-refractivity contribution in [1.82, 2.24) is 20.4 Å². The molecule has 0 radical (unpaired) electrons. The van der Waals surface area contributed by atoms with Crippen LogP contribution in [0.4, 0.5) is 13.2 Å². The van der Waals surface area contributed by atoms with Crippen LogP contribution in [-0.4, -0.2) is 107 Å². The van der Waals surface area contributed by atoms with E-state index >= 15 is 0 Å². The van der Waals surface area contributed by atoms with Crippen LogP contribution in [0.25, 0.3) is 0 Å². The van der Waals surface area contributed by atoms with Crippen LogP contribution in [0.5, 0.6) is 0 Å². The van der Waals surface area contributed by atoms with Crippen LogP contribution in [0, 0.1) is 22.2 Å².